The van der Waals surface area contributed by atoms with E-state index in [1.54, 1.807) is 0 Å². The van der Waals surface area contributed by atoms with Crippen LogP contribution in [0.25, 0.3) is 10.9 Å². The Labute approximate surface area is 184 Å². The van der Waals surface area contributed by atoms with Crippen LogP contribution in [0.15, 0.2) is 58.2 Å². The molecule has 0 unspecified atom stereocenters. The van der Waals surface area contributed by atoms with Gasteiger partial charge in [-0.15, -0.1) is 0 Å². The highest BCUT2D eigenvalue weighted by Crippen LogP contribution is 2.22. The number of nitrogens with one attached hydrogen (secondary N) is 3. The van der Waals surface area contributed by atoms with Crippen LogP contribution < -0.4 is 15.6 Å². The van der Waals surface area contributed by atoms with Gasteiger partial charge in [-0.1, -0.05) is 0 Å². The summed E-state index contributed by atoms with van der Waals surface area (Å²) in [6, 6.07) is 10.2. The molecular formula is C22H23FN4O4S. The van der Waals surface area contributed by atoms with E-state index >= 15 is 0 Å². The summed E-state index contributed by atoms with van der Waals surface area (Å²) >= 11 is 0. The molecule has 0 radical (unpaired) electrons. The molecule has 1 amide bonds. The van der Waals surface area contributed by atoms with E-state index in [4.69, 9.17) is 0 Å². The molecule has 2 heterocycles. The van der Waals surface area contributed by atoms with Gasteiger partial charge in [0.1, 0.15) is 5.82 Å². The van der Waals surface area contributed by atoms with Gasteiger partial charge in [-0.3, -0.25) is 14.3 Å². The zero-order chi connectivity index (χ0) is 22.7. The first-order valence-corrected chi connectivity index (χ1v) is 11.8. The first-order valence-electron chi connectivity index (χ1n) is 10.3. The van der Waals surface area contributed by atoms with E-state index in [1.807, 2.05) is 0 Å². The Kier molecular flexibility index (Phi) is 6.24. The van der Waals surface area contributed by atoms with Crippen LogP contribution in [0.3, 0.4) is 0 Å². The van der Waals surface area contributed by atoms with Crippen LogP contribution in [0.4, 0.5) is 10.1 Å². The van der Waals surface area contributed by atoms with Crippen molar-refractivity contribution in [1.29, 1.82) is 0 Å². The highest BCUT2D eigenvalue weighted by atomic mass is 32.2. The maximum atomic E-state index is 13.1. The predicted octanol–water partition coefficient (Wildman–Crippen LogP) is 2.29. The first kappa shape index (κ1) is 22.0. The second kappa shape index (κ2) is 9.09. The second-order valence-corrected chi connectivity index (χ2v) is 9.35. The third-order valence-corrected chi connectivity index (χ3v) is 6.76. The van der Waals surface area contributed by atoms with E-state index in [-0.39, 0.29) is 16.1 Å². The molecule has 32 heavy (non-hydrogen) atoms. The van der Waals surface area contributed by atoms with Gasteiger partial charge < -0.3 is 15.2 Å². The minimum absolute atomic E-state index is 0.0903. The predicted molar refractivity (Wildman–Crippen MR) is 120 cm³/mol. The van der Waals surface area contributed by atoms with Crippen molar-refractivity contribution in [2.24, 2.45) is 0 Å². The first-order chi connectivity index (χ1) is 15.3. The third-order valence-electron chi connectivity index (χ3n) is 5.38. The molecule has 1 fully saturated rings. The molecule has 3 aromatic rings. The second-order valence-electron chi connectivity index (χ2n) is 7.67. The van der Waals surface area contributed by atoms with Crippen molar-refractivity contribution in [2.45, 2.75) is 17.7 Å². The number of likely N-dealkylation sites (tertiary alicyclic amines) is 1. The van der Waals surface area contributed by atoms with E-state index < -0.39 is 27.3 Å². The number of H-pyrrole nitrogens is 1. The number of hydrogen-bond acceptors (Lipinski definition) is 5. The van der Waals surface area contributed by atoms with Crippen molar-refractivity contribution in [3.05, 3.63) is 70.3 Å². The summed E-state index contributed by atoms with van der Waals surface area (Å²) in [5.41, 5.74) is 0.196. The van der Waals surface area contributed by atoms with Crippen molar-refractivity contribution >= 4 is 32.5 Å². The Bertz CT molecular complexity index is 1300. The fourth-order valence-corrected chi connectivity index (χ4v) is 4.83. The minimum atomic E-state index is -4.00. The van der Waals surface area contributed by atoms with Crippen molar-refractivity contribution in [3.8, 4) is 0 Å². The molecule has 3 N–H and O–H groups in total. The molecule has 0 atom stereocenters. The highest BCUT2D eigenvalue weighted by Gasteiger charge is 2.19. The van der Waals surface area contributed by atoms with Crippen LogP contribution in [0.1, 0.15) is 23.2 Å². The lowest BCUT2D eigenvalue weighted by Crippen LogP contribution is -2.34. The molecule has 1 aromatic heterocycles. The summed E-state index contributed by atoms with van der Waals surface area (Å²) < 4.78 is 41.1. The van der Waals surface area contributed by atoms with E-state index in [0.717, 1.165) is 44.1 Å². The van der Waals surface area contributed by atoms with Gasteiger partial charge in [-0.05, 0) is 68.4 Å². The summed E-state index contributed by atoms with van der Waals surface area (Å²) in [5, 5.41) is 3.12. The van der Waals surface area contributed by atoms with Crippen molar-refractivity contribution in [3.63, 3.8) is 0 Å². The number of fused-ring (bicyclic) bond motifs is 1. The largest absolute Gasteiger partial charge is 0.351 e. The molecule has 1 aliphatic rings. The van der Waals surface area contributed by atoms with Gasteiger partial charge in [-0.2, -0.15) is 0 Å². The van der Waals surface area contributed by atoms with E-state index in [2.05, 4.69) is 19.9 Å². The van der Waals surface area contributed by atoms with Crippen LogP contribution >= 0.6 is 0 Å². The van der Waals surface area contributed by atoms with Crippen LogP contribution in [-0.4, -0.2) is 50.4 Å². The molecule has 2 aromatic carbocycles. The number of pyridine rings is 1. The van der Waals surface area contributed by atoms with Crippen LogP contribution in [-0.2, 0) is 10.0 Å². The Balaban J connectivity index is 1.60. The molecule has 8 nitrogen and oxygen atoms in total. The topological polar surface area (TPSA) is 111 Å². The van der Waals surface area contributed by atoms with Crippen LogP contribution in [0, 0.1) is 5.82 Å². The monoisotopic (exact) mass is 458 g/mol. The number of benzene rings is 2. The fourth-order valence-electron chi connectivity index (χ4n) is 3.75. The fraction of sp³-hybridized carbons (Fsp3) is 0.273. The summed E-state index contributed by atoms with van der Waals surface area (Å²) in [5.74, 6) is -0.927. The van der Waals surface area contributed by atoms with Gasteiger partial charge in [0.05, 0.1) is 10.5 Å². The molecule has 0 aliphatic carbocycles. The molecule has 0 spiro atoms. The number of halogens is 1. The number of aromatic amines is 1. The maximum Gasteiger partial charge on any atom is 0.261 e. The van der Waals surface area contributed by atoms with Gasteiger partial charge in [0.25, 0.3) is 15.9 Å². The lowest BCUT2D eigenvalue weighted by Gasteiger charge is -2.15. The lowest BCUT2D eigenvalue weighted by molar-refractivity contribution is 0.0951. The summed E-state index contributed by atoms with van der Waals surface area (Å²) in [6.45, 7) is 3.16. The Hall–Kier alpha value is -3.24. The standard InChI is InChI=1S/C22H23FN4O4S/c23-15-3-5-16(6-4-15)26-32(30,31)17-7-8-20-18(13-17)19(14-21(28)25-20)22(29)24-9-12-27-10-1-2-11-27/h3-8,13-14,26H,1-2,9-12H2,(H,24,29)(H,25,28). The molecule has 0 bridgehead atoms. The number of aromatic nitrogens is 1. The lowest BCUT2D eigenvalue weighted by atomic mass is 10.1. The van der Waals surface area contributed by atoms with E-state index in [9.17, 15) is 22.4 Å². The van der Waals surface area contributed by atoms with Crippen LogP contribution in [0.2, 0.25) is 0 Å². The Morgan fingerprint density at radius 3 is 2.50 bits per heavy atom. The number of rotatable bonds is 7. The average Bonchev–Trinajstić information content (AvgIpc) is 3.27. The number of carbonyl (C=O) groups excluding carboxylic acids is 1. The minimum Gasteiger partial charge on any atom is -0.351 e. The smallest absolute Gasteiger partial charge is 0.261 e. The van der Waals surface area contributed by atoms with Gasteiger partial charge in [0.15, 0.2) is 0 Å². The zero-order valence-electron chi connectivity index (χ0n) is 17.2. The van der Waals surface area contributed by atoms with Gasteiger partial charge in [0, 0.05) is 35.7 Å². The van der Waals surface area contributed by atoms with Gasteiger partial charge >= 0.3 is 0 Å². The average molecular weight is 459 g/mol. The maximum absolute atomic E-state index is 13.1. The Morgan fingerprint density at radius 1 is 1.06 bits per heavy atom. The van der Waals surface area contributed by atoms with Crippen molar-refractivity contribution in [2.75, 3.05) is 30.9 Å². The molecule has 1 saturated heterocycles. The number of amides is 1. The zero-order valence-corrected chi connectivity index (χ0v) is 18.0. The molecule has 1 aliphatic heterocycles. The van der Waals surface area contributed by atoms with Gasteiger partial charge in [0.2, 0.25) is 5.56 Å². The normalized spacial score (nSPS) is 14.5. The van der Waals surface area contributed by atoms with Gasteiger partial charge in [-0.25, -0.2) is 12.8 Å². The number of nitrogens with zero attached hydrogens (tertiary/aromatic N) is 1. The number of hydrogen-bond donors (Lipinski definition) is 3. The molecular weight excluding hydrogens is 435 g/mol. The van der Waals surface area contributed by atoms with E-state index in [1.165, 1.54) is 30.3 Å². The molecule has 0 saturated carbocycles. The highest BCUT2D eigenvalue weighted by molar-refractivity contribution is 7.92. The molecule has 168 valence electrons. The quantitative estimate of drug-likeness (QED) is 0.503. The van der Waals surface area contributed by atoms with Crippen molar-refractivity contribution < 1.29 is 17.6 Å². The SMILES string of the molecule is O=C(NCCN1CCCC1)c1cc(=O)[nH]c2ccc(S(=O)(=O)Nc3ccc(F)cc3)cc12. The third kappa shape index (κ3) is 4.97. The van der Waals surface area contributed by atoms with Crippen LogP contribution in [0.5, 0.6) is 0 Å². The molecule has 10 heteroatoms. The molecule has 4 rings (SSSR count). The summed E-state index contributed by atoms with van der Waals surface area (Å²) in [6.07, 6.45) is 2.30. The number of sulfonamides is 1. The number of carbonyl (C=O) groups is 1. The summed E-state index contributed by atoms with van der Waals surface area (Å²) in [7, 11) is -4.00. The number of anilines is 1. The summed E-state index contributed by atoms with van der Waals surface area (Å²) in [4.78, 5) is 29.6. The van der Waals surface area contributed by atoms with E-state index in [0.29, 0.717) is 24.0 Å². The Morgan fingerprint density at radius 2 is 1.78 bits per heavy atom. The van der Waals surface area contributed by atoms with Crippen molar-refractivity contribution in [1.82, 2.24) is 15.2 Å².